The summed E-state index contributed by atoms with van der Waals surface area (Å²) in [5.41, 5.74) is 1.94. The van der Waals surface area contributed by atoms with Gasteiger partial charge in [0.1, 0.15) is 5.75 Å². The summed E-state index contributed by atoms with van der Waals surface area (Å²) in [6.45, 7) is 2.00. The van der Waals surface area contributed by atoms with Crippen LogP contribution in [0.15, 0.2) is 54.6 Å². The molecule has 22 heavy (non-hydrogen) atoms. The van der Waals surface area contributed by atoms with E-state index < -0.39 is 0 Å². The maximum Gasteiger partial charge on any atom is 0.319 e. The summed E-state index contributed by atoms with van der Waals surface area (Å²) < 4.78 is 5.21. The van der Waals surface area contributed by atoms with E-state index in [1.165, 1.54) is 5.56 Å². The molecule has 2 aromatic rings. The van der Waals surface area contributed by atoms with Crippen LogP contribution in [0.1, 0.15) is 18.9 Å². The summed E-state index contributed by atoms with van der Waals surface area (Å²) in [4.78, 5) is 12.0. The Morgan fingerprint density at radius 2 is 1.77 bits per heavy atom. The highest BCUT2D eigenvalue weighted by Crippen LogP contribution is 2.22. The van der Waals surface area contributed by atoms with Gasteiger partial charge in [0.2, 0.25) is 0 Å². The van der Waals surface area contributed by atoms with Crippen molar-refractivity contribution in [2.75, 3.05) is 12.4 Å². The first-order chi connectivity index (χ1) is 10.7. The van der Waals surface area contributed by atoms with Crippen molar-refractivity contribution < 1.29 is 9.53 Å². The molecular weight excluding hydrogens is 276 g/mol. The molecule has 0 spiro atoms. The van der Waals surface area contributed by atoms with E-state index in [4.69, 9.17) is 4.74 Å². The molecule has 0 aliphatic rings. The van der Waals surface area contributed by atoms with Gasteiger partial charge in [0.25, 0.3) is 0 Å². The van der Waals surface area contributed by atoms with Gasteiger partial charge in [-0.1, -0.05) is 42.5 Å². The Morgan fingerprint density at radius 3 is 2.50 bits per heavy atom. The number of aryl methyl sites for hydroxylation is 1. The van der Waals surface area contributed by atoms with Crippen molar-refractivity contribution in [3.8, 4) is 5.75 Å². The normalized spacial score (nSPS) is 11.5. The molecule has 0 fully saturated rings. The zero-order valence-corrected chi connectivity index (χ0v) is 13.0. The zero-order chi connectivity index (χ0) is 15.8. The van der Waals surface area contributed by atoms with Crippen molar-refractivity contribution in [3.63, 3.8) is 0 Å². The van der Waals surface area contributed by atoms with Gasteiger partial charge in [0, 0.05) is 6.04 Å². The number of carbonyl (C=O) groups excluding carboxylic acids is 1. The van der Waals surface area contributed by atoms with Crippen LogP contribution in [0.3, 0.4) is 0 Å². The number of benzene rings is 2. The van der Waals surface area contributed by atoms with E-state index in [9.17, 15) is 4.79 Å². The standard InChI is InChI=1S/C18H22N2O2/c1-14(12-13-15-8-4-3-5-9-15)19-18(21)20-16-10-6-7-11-17(16)22-2/h3-11,14H,12-13H2,1-2H3,(H2,19,20,21)/t14-/m1/s1. The molecule has 4 nitrogen and oxygen atoms in total. The molecule has 4 heteroatoms. The number of carbonyl (C=O) groups is 1. The minimum Gasteiger partial charge on any atom is -0.495 e. The monoisotopic (exact) mass is 298 g/mol. The minimum atomic E-state index is -0.218. The first kappa shape index (κ1) is 15.9. The van der Waals surface area contributed by atoms with E-state index >= 15 is 0 Å². The lowest BCUT2D eigenvalue weighted by Gasteiger charge is -2.15. The number of urea groups is 1. The number of amides is 2. The molecule has 0 bridgehead atoms. The second-order valence-corrected chi connectivity index (χ2v) is 5.22. The molecule has 0 aliphatic heterocycles. The van der Waals surface area contributed by atoms with Crippen molar-refractivity contribution in [2.24, 2.45) is 0 Å². The Labute approximate surface area is 131 Å². The fraction of sp³-hybridized carbons (Fsp3) is 0.278. The predicted molar refractivity (Wildman–Crippen MR) is 89.4 cm³/mol. The van der Waals surface area contributed by atoms with Crippen LogP contribution >= 0.6 is 0 Å². The van der Waals surface area contributed by atoms with Crippen LogP contribution in [0.5, 0.6) is 5.75 Å². The van der Waals surface area contributed by atoms with Crippen LogP contribution in [0.4, 0.5) is 10.5 Å². The minimum absolute atomic E-state index is 0.0925. The molecule has 0 radical (unpaired) electrons. The van der Waals surface area contributed by atoms with Crippen molar-refractivity contribution in [1.29, 1.82) is 0 Å². The SMILES string of the molecule is COc1ccccc1NC(=O)N[C@H](C)CCc1ccccc1. The van der Waals surface area contributed by atoms with Gasteiger partial charge in [0.15, 0.2) is 0 Å². The van der Waals surface area contributed by atoms with Gasteiger partial charge in [-0.2, -0.15) is 0 Å². The highest BCUT2D eigenvalue weighted by molar-refractivity contribution is 5.91. The smallest absolute Gasteiger partial charge is 0.319 e. The molecule has 2 N–H and O–H groups in total. The van der Waals surface area contributed by atoms with Crippen molar-refractivity contribution >= 4 is 11.7 Å². The van der Waals surface area contributed by atoms with Gasteiger partial charge in [-0.15, -0.1) is 0 Å². The molecule has 0 unspecified atom stereocenters. The first-order valence-electron chi connectivity index (χ1n) is 7.43. The number of methoxy groups -OCH3 is 1. The summed E-state index contributed by atoms with van der Waals surface area (Å²) in [6, 6.07) is 17.5. The van der Waals surface area contributed by atoms with Gasteiger partial charge < -0.3 is 15.4 Å². The third-order valence-corrected chi connectivity index (χ3v) is 3.44. The van der Waals surface area contributed by atoms with Crippen LogP contribution in [-0.2, 0) is 6.42 Å². The number of rotatable bonds is 6. The van der Waals surface area contributed by atoms with Crippen molar-refractivity contribution in [1.82, 2.24) is 5.32 Å². The molecular formula is C18H22N2O2. The summed E-state index contributed by atoms with van der Waals surface area (Å²) in [5.74, 6) is 0.648. The first-order valence-corrected chi connectivity index (χ1v) is 7.43. The second kappa shape index (κ2) is 8.08. The molecule has 0 aliphatic carbocycles. The predicted octanol–water partition coefficient (Wildman–Crippen LogP) is 3.84. The van der Waals surface area contributed by atoms with E-state index in [1.54, 1.807) is 7.11 Å². The number of ether oxygens (including phenoxy) is 1. The summed E-state index contributed by atoms with van der Waals surface area (Å²) in [7, 11) is 1.58. The maximum absolute atomic E-state index is 12.0. The summed E-state index contributed by atoms with van der Waals surface area (Å²) >= 11 is 0. The average Bonchev–Trinajstić information content (AvgIpc) is 2.54. The Hall–Kier alpha value is -2.49. The summed E-state index contributed by atoms with van der Waals surface area (Å²) in [5, 5.41) is 5.76. The number of hydrogen-bond acceptors (Lipinski definition) is 2. The quantitative estimate of drug-likeness (QED) is 0.851. The molecule has 2 rings (SSSR count). The topological polar surface area (TPSA) is 50.4 Å². The molecule has 2 amide bonds. The highest BCUT2D eigenvalue weighted by Gasteiger charge is 2.09. The van der Waals surface area contributed by atoms with Crippen LogP contribution in [0.25, 0.3) is 0 Å². The highest BCUT2D eigenvalue weighted by atomic mass is 16.5. The molecule has 2 aromatic carbocycles. The number of hydrogen-bond donors (Lipinski definition) is 2. The summed E-state index contributed by atoms with van der Waals surface area (Å²) in [6.07, 6.45) is 1.83. The molecule has 0 heterocycles. The van der Waals surface area contributed by atoms with E-state index in [-0.39, 0.29) is 12.1 Å². The molecule has 116 valence electrons. The van der Waals surface area contributed by atoms with Crippen LogP contribution < -0.4 is 15.4 Å². The number of nitrogens with one attached hydrogen (secondary N) is 2. The number of anilines is 1. The molecule has 0 saturated carbocycles. The lowest BCUT2D eigenvalue weighted by molar-refractivity contribution is 0.248. The van der Waals surface area contributed by atoms with E-state index in [0.717, 1.165) is 12.8 Å². The van der Waals surface area contributed by atoms with Crippen molar-refractivity contribution in [3.05, 3.63) is 60.2 Å². The van der Waals surface area contributed by atoms with Crippen LogP contribution in [-0.4, -0.2) is 19.2 Å². The van der Waals surface area contributed by atoms with Gasteiger partial charge in [-0.3, -0.25) is 0 Å². The van der Waals surface area contributed by atoms with Crippen LogP contribution in [0.2, 0.25) is 0 Å². The zero-order valence-electron chi connectivity index (χ0n) is 13.0. The van der Waals surface area contributed by atoms with Gasteiger partial charge in [0.05, 0.1) is 12.8 Å². The van der Waals surface area contributed by atoms with Gasteiger partial charge in [-0.25, -0.2) is 4.79 Å². The fourth-order valence-electron chi connectivity index (χ4n) is 2.23. The molecule has 0 aromatic heterocycles. The van der Waals surface area contributed by atoms with Crippen LogP contribution in [0, 0.1) is 0 Å². The van der Waals surface area contributed by atoms with Gasteiger partial charge in [-0.05, 0) is 37.5 Å². The third-order valence-electron chi connectivity index (χ3n) is 3.44. The Balaban J connectivity index is 1.81. The second-order valence-electron chi connectivity index (χ2n) is 5.22. The Bertz CT molecular complexity index is 599. The molecule has 0 saturated heterocycles. The Morgan fingerprint density at radius 1 is 1.09 bits per heavy atom. The van der Waals surface area contributed by atoms with Crippen molar-refractivity contribution in [2.45, 2.75) is 25.8 Å². The lowest BCUT2D eigenvalue weighted by Crippen LogP contribution is -2.36. The van der Waals surface area contributed by atoms with E-state index in [1.807, 2.05) is 49.4 Å². The maximum atomic E-state index is 12.0. The Kier molecular flexibility index (Phi) is 5.83. The van der Waals surface area contributed by atoms with Gasteiger partial charge >= 0.3 is 6.03 Å². The fourth-order valence-corrected chi connectivity index (χ4v) is 2.23. The lowest BCUT2D eigenvalue weighted by atomic mass is 10.1. The third kappa shape index (κ3) is 4.81. The number of para-hydroxylation sites is 2. The van der Waals surface area contributed by atoms with E-state index in [2.05, 4.69) is 22.8 Å². The van der Waals surface area contributed by atoms with E-state index in [0.29, 0.717) is 11.4 Å². The molecule has 1 atom stereocenters. The average molecular weight is 298 g/mol. The largest absolute Gasteiger partial charge is 0.495 e.